The molecule has 1 aliphatic rings. The molecule has 10 heteroatoms. The number of benzene rings is 3. The zero-order valence-corrected chi connectivity index (χ0v) is 27.2. The monoisotopic (exact) mass is 657 g/mol. The SMILES string of the molecule is CC(C)(C)c1cc(C(=O)Oc2cccc3ccc(C4C(=O)c5c(Cl)c(Cl)c(Cl)c(Cl)c5C4=O)nc23)cc(C(C)(C)C)c1O. The van der Waals surface area contributed by atoms with E-state index in [1.54, 1.807) is 42.5 Å². The lowest BCUT2D eigenvalue weighted by Crippen LogP contribution is -2.20. The van der Waals surface area contributed by atoms with Gasteiger partial charge in [-0.15, -0.1) is 0 Å². The molecule has 0 spiro atoms. The van der Waals surface area contributed by atoms with E-state index in [-0.39, 0.29) is 59.5 Å². The standard InChI is InChI=1S/C33H27Cl4NO5/c1-32(2,3)16-12-15(13-17(28(16)39)33(4,5)6)31(42)43-19-9-7-8-14-10-11-18(38-27(14)19)20-29(40)21-22(30(20)41)24(35)26(37)25(36)23(21)34/h7-13,20,39H,1-6H3. The lowest BCUT2D eigenvalue weighted by Gasteiger charge is -2.28. The highest BCUT2D eigenvalue weighted by Crippen LogP contribution is 2.48. The Kier molecular flexibility index (Phi) is 7.84. The van der Waals surface area contributed by atoms with Crippen molar-refractivity contribution in [3.05, 3.63) is 96.1 Å². The first kappa shape index (κ1) is 31.3. The largest absolute Gasteiger partial charge is 0.507 e. The highest BCUT2D eigenvalue weighted by molar-refractivity contribution is 6.55. The molecule has 43 heavy (non-hydrogen) atoms. The Morgan fingerprint density at radius 1 is 0.791 bits per heavy atom. The molecule has 1 aliphatic carbocycles. The molecule has 1 heterocycles. The van der Waals surface area contributed by atoms with Crippen molar-refractivity contribution in [1.82, 2.24) is 4.98 Å². The molecule has 222 valence electrons. The van der Waals surface area contributed by atoms with Crippen molar-refractivity contribution in [3.8, 4) is 11.5 Å². The van der Waals surface area contributed by atoms with Crippen LogP contribution in [0.4, 0.5) is 0 Å². The van der Waals surface area contributed by atoms with Gasteiger partial charge in [0.15, 0.2) is 17.3 Å². The molecule has 0 atom stereocenters. The first-order chi connectivity index (χ1) is 19.9. The van der Waals surface area contributed by atoms with Crippen molar-refractivity contribution in [2.45, 2.75) is 58.3 Å². The molecule has 0 bridgehead atoms. The zero-order valence-electron chi connectivity index (χ0n) is 24.2. The summed E-state index contributed by atoms with van der Waals surface area (Å²) < 4.78 is 5.86. The van der Waals surface area contributed by atoms with Crippen LogP contribution in [0, 0.1) is 0 Å². The number of ether oxygens (including phenoxy) is 1. The molecule has 5 rings (SSSR count). The third-order valence-electron chi connectivity index (χ3n) is 7.45. The molecule has 3 aromatic carbocycles. The molecule has 0 aliphatic heterocycles. The number of phenols is 1. The van der Waals surface area contributed by atoms with Gasteiger partial charge in [0, 0.05) is 16.5 Å². The van der Waals surface area contributed by atoms with Gasteiger partial charge in [-0.05, 0) is 35.1 Å². The van der Waals surface area contributed by atoms with Gasteiger partial charge in [-0.2, -0.15) is 0 Å². The molecule has 6 nitrogen and oxygen atoms in total. The van der Waals surface area contributed by atoms with Gasteiger partial charge in [0.2, 0.25) is 0 Å². The Morgan fingerprint density at radius 3 is 1.79 bits per heavy atom. The first-order valence-electron chi connectivity index (χ1n) is 13.4. The Labute approximate surface area is 268 Å². The van der Waals surface area contributed by atoms with E-state index < -0.39 is 34.3 Å². The summed E-state index contributed by atoms with van der Waals surface area (Å²) in [5.41, 5.74) is 0.767. The second-order valence-corrected chi connectivity index (χ2v) is 14.1. The number of phenolic OH excluding ortho intramolecular Hbond substituents is 1. The summed E-state index contributed by atoms with van der Waals surface area (Å²) in [5, 5.41) is 11.1. The number of rotatable bonds is 3. The topological polar surface area (TPSA) is 93.6 Å². The molecular weight excluding hydrogens is 632 g/mol. The van der Waals surface area contributed by atoms with Crippen LogP contribution in [0.1, 0.15) is 95.4 Å². The van der Waals surface area contributed by atoms with Crippen LogP contribution in [0.2, 0.25) is 20.1 Å². The fraction of sp³-hybridized carbons (Fsp3) is 0.273. The van der Waals surface area contributed by atoms with Gasteiger partial charge < -0.3 is 9.84 Å². The van der Waals surface area contributed by atoms with Gasteiger partial charge in [0.05, 0.1) is 42.5 Å². The van der Waals surface area contributed by atoms with Crippen molar-refractivity contribution in [1.29, 1.82) is 0 Å². The smallest absolute Gasteiger partial charge is 0.343 e. The molecule has 4 aromatic rings. The third kappa shape index (κ3) is 5.29. The minimum Gasteiger partial charge on any atom is -0.507 e. The number of fused-ring (bicyclic) bond motifs is 2. The van der Waals surface area contributed by atoms with Crippen LogP contribution in [0.3, 0.4) is 0 Å². The number of halogens is 4. The van der Waals surface area contributed by atoms with Crippen LogP contribution < -0.4 is 4.74 Å². The van der Waals surface area contributed by atoms with Crippen molar-refractivity contribution < 1.29 is 24.2 Å². The quantitative estimate of drug-likeness (QED) is 0.0775. The van der Waals surface area contributed by atoms with Gasteiger partial charge in [-0.1, -0.05) is 106 Å². The van der Waals surface area contributed by atoms with E-state index >= 15 is 0 Å². The minimum atomic E-state index is -1.34. The molecule has 0 radical (unpaired) electrons. The summed E-state index contributed by atoms with van der Waals surface area (Å²) in [6.07, 6.45) is 0. The zero-order chi connectivity index (χ0) is 31.8. The number of esters is 1. The van der Waals surface area contributed by atoms with E-state index in [4.69, 9.17) is 51.1 Å². The summed E-state index contributed by atoms with van der Waals surface area (Å²) in [7, 11) is 0. The van der Waals surface area contributed by atoms with Gasteiger partial charge >= 0.3 is 5.97 Å². The van der Waals surface area contributed by atoms with E-state index in [1.807, 2.05) is 41.5 Å². The molecule has 0 fully saturated rings. The summed E-state index contributed by atoms with van der Waals surface area (Å²) in [4.78, 5) is 45.1. The Morgan fingerprint density at radius 2 is 1.30 bits per heavy atom. The number of carbonyl (C=O) groups excluding carboxylic acids is 3. The summed E-state index contributed by atoms with van der Waals surface area (Å²) in [5.74, 6) is -2.94. The maximum absolute atomic E-state index is 13.6. The van der Waals surface area contributed by atoms with E-state index in [2.05, 4.69) is 4.98 Å². The average molecular weight is 659 g/mol. The number of Topliss-reactive ketones (excluding diaryl/α,β-unsaturated/α-hetero) is 2. The predicted molar refractivity (Wildman–Crippen MR) is 170 cm³/mol. The second kappa shape index (κ2) is 10.8. The van der Waals surface area contributed by atoms with Gasteiger partial charge in [0.1, 0.15) is 17.2 Å². The normalized spacial score (nSPS) is 14.0. The average Bonchev–Trinajstić information content (AvgIpc) is 3.19. The molecule has 0 amide bonds. The van der Waals surface area contributed by atoms with Crippen molar-refractivity contribution in [2.75, 3.05) is 0 Å². The number of pyridine rings is 1. The van der Waals surface area contributed by atoms with Crippen LogP contribution in [-0.2, 0) is 10.8 Å². The van der Waals surface area contributed by atoms with E-state index in [9.17, 15) is 19.5 Å². The van der Waals surface area contributed by atoms with Gasteiger partial charge in [0.25, 0.3) is 0 Å². The number of aromatic hydroxyl groups is 1. The van der Waals surface area contributed by atoms with Gasteiger partial charge in [-0.25, -0.2) is 9.78 Å². The third-order valence-corrected chi connectivity index (χ3v) is 9.25. The highest BCUT2D eigenvalue weighted by atomic mass is 35.5. The minimum absolute atomic E-state index is 0.102. The van der Waals surface area contributed by atoms with E-state index in [0.29, 0.717) is 16.5 Å². The van der Waals surface area contributed by atoms with E-state index in [0.717, 1.165) is 0 Å². The lowest BCUT2D eigenvalue weighted by molar-refractivity contribution is 0.0735. The van der Waals surface area contributed by atoms with Crippen molar-refractivity contribution in [3.63, 3.8) is 0 Å². The number of ketones is 2. The first-order valence-corrected chi connectivity index (χ1v) is 14.9. The molecule has 0 saturated carbocycles. The number of para-hydroxylation sites is 1. The summed E-state index contributed by atoms with van der Waals surface area (Å²) in [6.45, 7) is 11.7. The van der Waals surface area contributed by atoms with Crippen LogP contribution in [0.25, 0.3) is 10.9 Å². The summed E-state index contributed by atoms with van der Waals surface area (Å²) in [6, 6.07) is 11.5. The van der Waals surface area contributed by atoms with E-state index in [1.165, 1.54) is 0 Å². The fourth-order valence-electron chi connectivity index (χ4n) is 5.20. The highest BCUT2D eigenvalue weighted by Gasteiger charge is 2.45. The number of nitrogens with zero attached hydrogens (tertiary/aromatic N) is 1. The lowest BCUT2D eigenvalue weighted by atomic mass is 9.78. The molecule has 1 N–H and O–H groups in total. The molecule has 0 saturated heterocycles. The fourth-order valence-corrected chi connectivity index (χ4v) is 6.24. The maximum atomic E-state index is 13.6. The van der Waals surface area contributed by atoms with Crippen LogP contribution in [0.5, 0.6) is 11.5 Å². The van der Waals surface area contributed by atoms with Crippen molar-refractivity contribution >= 4 is 74.8 Å². The van der Waals surface area contributed by atoms with Crippen LogP contribution >= 0.6 is 46.4 Å². The predicted octanol–water partition coefficient (Wildman–Crippen LogP) is 9.53. The molecular formula is C33H27Cl4NO5. The number of hydrogen-bond donors (Lipinski definition) is 1. The maximum Gasteiger partial charge on any atom is 0.343 e. The Balaban J connectivity index is 1.58. The number of aromatic nitrogens is 1. The van der Waals surface area contributed by atoms with Crippen LogP contribution in [-0.4, -0.2) is 27.6 Å². The Bertz CT molecular complexity index is 1800. The van der Waals surface area contributed by atoms with Gasteiger partial charge in [-0.3, -0.25) is 9.59 Å². The molecule has 1 aromatic heterocycles. The Hall–Kier alpha value is -3.16. The summed E-state index contributed by atoms with van der Waals surface area (Å²) >= 11 is 24.9. The van der Waals surface area contributed by atoms with Crippen LogP contribution in [0.15, 0.2) is 42.5 Å². The number of carbonyl (C=O) groups is 3. The number of hydrogen-bond acceptors (Lipinski definition) is 6. The van der Waals surface area contributed by atoms with Crippen molar-refractivity contribution in [2.24, 2.45) is 0 Å². The second-order valence-electron chi connectivity index (χ2n) is 12.5. The molecule has 0 unspecified atom stereocenters.